The summed E-state index contributed by atoms with van der Waals surface area (Å²) in [5, 5.41) is 0. The maximum Gasteiger partial charge on any atom is 0.112 e. The van der Waals surface area contributed by atoms with Crippen molar-refractivity contribution in [2.75, 3.05) is 0 Å². The summed E-state index contributed by atoms with van der Waals surface area (Å²) in [7, 11) is 0. The Morgan fingerprint density at radius 3 is 2.94 bits per heavy atom. The van der Waals surface area contributed by atoms with Crippen molar-refractivity contribution >= 4 is 11.0 Å². The Labute approximate surface area is 99.6 Å². The van der Waals surface area contributed by atoms with Crippen molar-refractivity contribution in [3.8, 4) is 0 Å². The van der Waals surface area contributed by atoms with Gasteiger partial charge >= 0.3 is 0 Å². The van der Waals surface area contributed by atoms with E-state index in [1.807, 2.05) is 12.3 Å². The predicted octanol–water partition coefficient (Wildman–Crippen LogP) is 1.80. The van der Waals surface area contributed by atoms with Gasteiger partial charge < -0.3 is 10.7 Å². The minimum Gasteiger partial charge on any atom is -0.340 e. The molecule has 0 aromatic carbocycles. The molecule has 2 aliphatic carbocycles. The van der Waals surface area contributed by atoms with Gasteiger partial charge in [-0.2, -0.15) is 0 Å². The number of aromatic amines is 1. The van der Waals surface area contributed by atoms with E-state index in [4.69, 9.17) is 5.73 Å². The third-order valence-electron chi connectivity index (χ3n) is 4.60. The summed E-state index contributed by atoms with van der Waals surface area (Å²) in [6.45, 7) is 0. The molecule has 17 heavy (non-hydrogen) atoms. The predicted molar refractivity (Wildman–Crippen MR) is 65.4 cm³/mol. The van der Waals surface area contributed by atoms with Crippen LogP contribution in [0.4, 0.5) is 0 Å². The SMILES string of the molecule is NC1C2CCC(C2)C1c1nc2ccncc2[nH]1. The Bertz CT molecular complexity index is 526. The van der Waals surface area contributed by atoms with Crippen LogP contribution in [0.25, 0.3) is 11.0 Å². The molecule has 88 valence electrons. The largest absolute Gasteiger partial charge is 0.340 e. The number of hydrogen-bond donors (Lipinski definition) is 2. The molecule has 4 heteroatoms. The fourth-order valence-corrected chi connectivity index (χ4v) is 3.78. The molecule has 4 atom stereocenters. The van der Waals surface area contributed by atoms with Crippen LogP contribution in [0, 0.1) is 11.8 Å². The molecule has 2 bridgehead atoms. The van der Waals surface area contributed by atoms with Gasteiger partial charge in [0.2, 0.25) is 0 Å². The molecule has 4 rings (SSSR count). The van der Waals surface area contributed by atoms with E-state index in [0.717, 1.165) is 28.7 Å². The van der Waals surface area contributed by atoms with Gasteiger partial charge in [-0.15, -0.1) is 0 Å². The van der Waals surface area contributed by atoms with Crippen LogP contribution >= 0.6 is 0 Å². The fourth-order valence-electron chi connectivity index (χ4n) is 3.78. The maximum atomic E-state index is 6.34. The van der Waals surface area contributed by atoms with Crippen LogP contribution in [0.1, 0.15) is 31.0 Å². The molecule has 2 aromatic rings. The first kappa shape index (κ1) is 9.59. The highest BCUT2D eigenvalue weighted by Gasteiger charge is 2.47. The zero-order valence-electron chi connectivity index (χ0n) is 9.63. The number of hydrogen-bond acceptors (Lipinski definition) is 3. The molecule has 0 amide bonds. The number of imidazole rings is 1. The second kappa shape index (κ2) is 3.29. The third-order valence-corrected chi connectivity index (χ3v) is 4.60. The van der Waals surface area contributed by atoms with Gasteiger partial charge in [0.15, 0.2) is 0 Å². The lowest BCUT2D eigenvalue weighted by molar-refractivity contribution is 0.356. The molecule has 2 aliphatic rings. The highest BCUT2D eigenvalue weighted by Crippen LogP contribution is 2.51. The number of nitrogens with one attached hydrogen (secondary N) is 1. The van der Waals surface area contributed by atoms with E-state index in [2.05, 4.69) is 15.0 Å². The summed E-state index contributed by atoms with van der Waals surface area (Å²) in [6.07, 6.45) is 7.54. The lowest BCUT2D eigenvalue weighted by Gasteiger charge is -2.26. The topological polar surface area (TPSA) is 67.6 Å². The number of H-pyrrole nitrogens is 1. The number of aromatic nitrogens is 3. The van der Waals surface area contributed by atoms with Crippen molar-refractivity contribution in [1.82, 2.24) is 15.0 Å². The zero-order chi connectivity index (χ0) is 11.4. The maximum absolute atomic E-state index is 6.34. The van der Waals surface area contributed by atoms with Crippen LogP contribution in [0.15, 0.2) is 18.5 Å². The van der Waals surface area contributed by atoms with E-state index in [0.29, 0.717) is 12.0 Å². The highest BCUT2D eigenvalue weighted by molar-refractivity contribution is 5.73. The molecular weight excluding hydrogens is 212 g/mol. The molecular formula is C13H16N4. The fraction of sp³-hybridized carbons (Fsp3) is 0.538. The number of nitrogens with two attached hydrogens (primary N) is 1. The second-order valence-electron chi connectivity index (χ2n) is 5.45. The molecule has 2 saturated carbocycles. The van der Waals surface area contributed by atoms with Gasteiger partial charge in [-0.05, 0) is 37.2 Å². The number of nitrogens with zero attached hydrogens (tertiary/aromatic N) is 2. The molecule has 2 fully saturated rings. The first-order valence-electron chi connectivity index (χ1n) is 6.38. The zero-order valence-corrected chi connectivity index (χ0v) is 9.63. The van der Waals surface area contributed by atoms with Crippen LogP contribution in [-0.4, -0.2) is 21.0 Å². The minimum absolute atomic E-state index is 0.294. The molecule has 4 nitrogen and oxygen atoms in total. The van der Waals surface area contributed by atoms with Crippen LogP contribution in [0.3, 0.4) is 0 Å². The van der Waals surface area contributed by atoms with Crippen LogP contribution in [-0.2, 0) is 0 Å². The van der Waals surface area contributed by atoms with Crippen molar-refractivity contribution in [2.45, 2.75) is 31.2 Å². The van der Waals surface area contributed by atoms with E-state index in [1.165, 1.54) is 19.3 Å². The van der Waals surface area contributed by atoms with Crippen molar-refractivity contribution in [1.29, 1.82) is 0 Å². The quantitative estimate of drug-likeness (QED) is 0.782. The molecule has 0 saturated heterocycles. The Hall–Kier alpha value is -1.42. The van der Waals surface area contributed by atoms with Gasteiger partial charge in [0.05, 0.1) is 17.2 Å². The summed E-state index contributed by atoms with van der Waals surface area (Å²) in [6, 6.07) is 2.25. The molecule has 4 unspecified atom stereocenters. The van der Waals surface area contributed by atoms with Crippen molar-refractivity contribution in [2.24, 2.45) is 17.6 Å². The third kappa shape index (κ3) is 1.27. The van der Waals surface area contributed by atoms with Crippen molar-refractivity contribution in [3.63, 3.8) is 0 Å². The van der Waals surface area contributed by atoms with Gasteiger partial charge in [-0.1, -0.05) is 0 Å². The number of fused-ring (bicyclic) bond motifs is 3. The lowest BCUT2D eigenvalue weighted by atomic mass is 9.84. The highest BCUT2D eigenvalue weighted by atomic mass is 15.0. The molecule has 2 heterocycles. The molecule has 0 spiro atoms. The van der Waals surface area contributed by atoms with E-state index >= 15 is 0 Å². The first-order valence-corrected chi connectivity index (χ1v) is 6.38. The Balaban J connectivity index is 1.79. The van der Waals surface area contributed by atoms with Gasteiger partial charge in [-0.25, -0.2) is 4.98 Å². The molecule has 0 aliphatic heterocycles. The minimum atomic E-state index is 0.294. The van der Waals surface area contributed by atoms with Crippen LogP contribution in [0.2, 0.25) is 0 Å². The Kier molecular flexibility index (Phi) is 1.86. The lowest BCUT2D eigenvalue weighted by Crippen LogP contribution is -2.34. The van der Waals surface area contributed by atoms with E-state index < -0.39 is 0 Å². The first-order chi connectivity index (χ1) is 8.33. The summed E-state index contributed by atoms with van der Waals surface area (Å²) < 4.78 is 0. The normalized spacial score (nSPS) is 35.8. The van der Waals surface area contributed by atoms with Crippen molar-refractivity contribution < 1.29 is 0 Å². The standard InChI is InChI=1S/C13H16N4/c14-12-8-2-1-7(5-8)11(12)13-16-9-3-4-15-6-10(9)17-13/h3-4,6-8,11-12H,1-2,5,14H2,(H,16,17). The van der Waals surface area contributed by atoms with Gasteiger partial charge in [-0.3, -0.25) is 4.98 Å². The summed E-state index contributed by atoms with van der Waals surface area (Å²) >= 11 is 0. The molecule has 3 N–H and O–H groups in total. The average molecular weight is 228 g/mol. The molecule has 0 radical (unpaired) electrons. The van der Waals surface area contributed by atoms with Gasteiger partial charge in [0.25, 0.3) is 0 Å². The summed E-state index contributed by atoms with van der Waals surface area (Å²) in [4.78, 5) is 12.2. The van der Waals surface area contributed by atoms with E-state index in [1.54, 1.807) is 6.20 Å². The monoisotopic (exact) mass is 228 g/mol. The smallest absolute Gasteiger partial charge is 0.112 e. The summed E-state index contributed by atoms with van der Waals surface area (Å²) in [5.41, 5.74) is 8.37. The summed E-state index contributed by atoms with van der Waals surface area (Å²) in [5.74, 6) is 2.97. The molecule has 2 aromatic heterocycles. The van der Waals surface area contributed by atoms with Crippen LogP contribution in [0.5, 0.6) is 0 Å². The van der Waals surface area contributed by atoms with Gasteiger partial charge in [0, 0.05) is 18.2 Å². The van der Waals surface area contributed by atoms with Crippen LogP contribution < -0.4 is 5.73 Å². The number of rotatable bonds is 1. The Morgan fingerprint density at radius 2 is 2.18 bits per heavy atom. The van der Waals surface area contributed by atoms with E-state index in [-0.39, 0.29) is 0 Å². The number of pyridine rings is 1. The van der Waals surface area contributed by atoms with Crippen molar-refractivity contribution in [3.05, 3.63) is 24.3 Å². The Morgan fingerprint density at radius 1 is 1.29 bits per heavy atom. The van der Waals surface area contributed by atoms with E-state index in [9.17, 15) is 0 Å². The van der Waals surface area contributed by atoms with Gasteiger partial charge in [0.1, 0.15) is 5.82 Å². The average Bonchev–Trinajstić information content (AvgIpc) is 3.00. The second-order valence-corrected chi connectivity index (χ2v) is 5.45.